The van der Waals surface area contributed by atoms with Crippen LogP contribution < -0.4 is 4.74 Å². The summed E-state index contributed by atoms with van der Waals surface area (Å²) >= 11 is 1.12. The van der Waals surface area contributed by atoms with E-state index in [1.165, 1.54) is 4.90 Å². The highest BCUT2D eigenvalue weighted by molar-refractivity contribution is 8.15. The van der Waals surface area contributed by atoms with Crippen LogP contribution in [-0.4, -0.2) is 34.4 Å². The molecule has 1 fully saturated rings. The van der Waals surface area contributed by atoms with Gasteiger partial charge < -0.3 is 4.74 Å². The topological polar surface area (TPSA) is 46.6 Å². The van der Waals surface area contributed by atoms with Crippen molar-refractivity contribution in [3.05, 3.63) is 29.8 Å². The number of carbonyl (C=O) groups is 2. The Bertz CT molecular complexity index is 577. The summed E-state index contributed by atoms with van der Waals surface area (Å²) in [6.07, 6.45) is 7.51. The van der Waals surface area contributed by atoms with Crippen LogP contribution in [0.3, 0.4) is 0 Å². The molecule has 1 atom stereocenters. The molecule has 0 N–H and O–H groups in total. The number of benzene rings is 1. The van der Waals surface area contributed by atoms with Crippen molar-refractivity contribution in [1.82, 2.24) is 4.90 Å². The molecule has 0 bridgehead atoms. The molecular formula is C17H19NO3S. The fourth-order valence-electron chi connectivity index (χ4n) is 2.21. The molecule has 1 saturated heterocycles. The number of ether oxygens (including phenoxy) is 1. The number of imide groups is 1. The molecule has 1 aromatic carbocycles. The Labute approximate surface area is 135 Å². The number of nitrogens with zero attached hydrogens (tertiary/aromatic N) is 1. The molecular weight excluding hydrogens is 298 g/mol. The summed E-state index contributed by atoms with van der Waals surface area (Å²) in [6, 6.07) is 7.46. The average Bonchev–Trinajstić information content (AvgIpc) is 2.79. The summed E-state index contributed by atoms with van der Waals surface area (Å²) in [5.41, 5.74) is 1.00. The molecule has 2 rings (SSSR count). The van der Waals surface area contributed by atoms with Gasteiger partial charge in [-0.1, -0.05) is 43.2 Å². The minimum Gasteiger partial charge on any atom is -0.481 e. The first kappa shape index (κ1) is 16.4. The first-order valence-electron chi connectivity index (χ1n) is 7.33. The average molecular weight is 317 g/mol. The molecule has 0 saturated carbocycles. The lowest BCUT2D eigenvalue weighted by molar-refractivity contribution is -0.126. The highest BCUT2D eigenvalue weighted by Gasteiger charge is 2.38. The predicted octanol–water partition coefficient (Wildman–Crippen LogP) is 3.11. The Morgan fingerprint density at radius 1 is 1.32 bits per heavy atom. The summed E-state index contributed by atoms with van der Waals surface area (Å²) in [6.45, 7) is 2.80. The molecule has 5 heteroatoms. The molecule has 0 spiro atoms. The second kappa shape index (κ2) is 7.90. The smallest absolute Gasteiger partial charge is 0.289 e. The molecule has 0 aromatic heterocycles. The zero-order chi connectivity index (χ0) is 15.9. The van der Waals surface area contributed by atoms with Crippen LogP contribution in [-0.2, 0) is 11.2 Å². The summed E-state index contributed by atoms with van der Waals surface area (Å²) in [5, 5.41) is -0.445. The summed E-state index contributed by atoms with van der Waals surface area (Å²) < 4.78 is 5.31. The maximum absolute atomic E-state index is 12.3. The van der Waals surface area contributed by atoms with E-state index in [1.54, 1.807) is 0 Å². The van der Waals surface area contributed by atoms with Gasteiger partial charge >= 0.3 is 0 Å². The maximum atomic E-state index is 12.3. The third-order valence-corrected chi connectivity index (χ3v) is 4.48. The Morgan fingerprint density at radius 2 is 2.05 bits per heavy atom. The second-order valence-electron chi connectivity index (χ2n) is 5.06. The van der Waals surface area contributed by atoms with E-state index in [0.29, 0.717) is 18.7 Å². The third-order valence-electron chi connectivity index (χ3n) is 3.41. The molecule has 2 amide bonds. The van der Waals surface area contributed by atoms with Gasteiger partial charge in [-0.3, -0.25) is 14.5 Å². The molecule has 22 heavy (non-hydrogen) atoms. The summed E-state index contributed by atoms with van der Waals surface area (Å²) in [7, 11) is 0. The van der Waals surface area contributed by atoms with Crippen molar-refractivity contribution in [2.24, 2.45) is 0 Å². The SMILES string of the molecule is C#CCOc1ccc(C[C@H]2SC(=O)N(CCCC)C2=O)cc1. The number of unbranched alkanes of at least 4 members (excludes halogenated alkanes) is 1. The molecule has 116 valence electrons. The molecule has 1 aliphatic rings. The molecule has 1 aliphatic heterocycles. The number of carbonyl (C=O) groups excluding carboxylic acids is 2. The van der Waals surface area contributed by atoms with Gasteiger partial charge in [0.25, 0.3) is 5.24 Å². The largest absolute Gasteiger partial charge is 0.481 e. The summed E-state index contributed by atoms with van der Waals surface area (Å²) in [5.74, 6) is 3.04. The van der Waals surface area contributed by atoms with Crippen LogP contribution in [0.15, 0.2) is 24.3 Å². The predicted molar refractivity (Wildman–Crippen MR) is 87.9 cm³/mol. The number of terminal acetylenes is 1. The van der Waals surface area contributed by atoms with Crippen LogP contribution in [0, 0.1) is 12.3 Å². The van der Waals surface area contributed by atoms with Crippen molar-refractivity contribution >= 4 is 22.9 Å². The van der Waals surface area contributed by atoms with Crippen LogP contribution in [0.4, 0.5) is 4.79 Å². The first-order valence-corrected chi connectivity index (χ1v) is 8.21. The highest BCUT2D eigenvalue weighted by Crippen LogP contribution is 2.30. The van der Waals surface area contributed by atoms with Gasteiger partial charge in [0.2, 0.25) is 5.91 Å². The second-order valence-corrected chi connectivity index (χ2v) is 6.21. The van der Waals surface area contributed by atoms with Gasteiger partial charge in [-0.2, -0.15) is 0 Å². The van der Waals surface area contributed by atoms with E-state index in [4.69, 9.17) is 11.2 Å². The third kappa shape index (κ3) is 4.05. The van der Waals surface area contributed by atoms with Gasteiger partial charge in [0.15, 0.2) is 0 Å². The zero-order valence-electron chi connectivity index (χ0n) is 12.6. The van der Waals surface area contributed by atoms with Crippen molar-refractivity contribution in [3.63, 3.8) is 0 Å². The zero-order valence-corrected chi connectivity index (χ0v) is 13.4. The van der Waals surface area contributed by atoms with Crippen LogP contribution in [0.5, 0.6) is 5.75 Å². The lowest BCUT2D eigenvalue weighted by Gasteiger charge is -2.13. The van der Waals surface area contributed by atoms with Gasteiger partial charge in [0.05, 0.1) is 5.25 Å². The monoisotopic (exact) mass is 317 g/mol. The van der Waals surface area contributed by atoms with Crippen molar-refractivity contribution in [3.8, 4) is 18.1 Å². The molecule has 0 radical (unpaired) electrons. The van der Waals surface area contributed by atoms with E-state index in [1.807, 2.05) is 31.2 Å². The van der Waals surface area contributed by atoms with Crippen LogP contribution >= 0.6 is 11.8 Å². The number of rotatable bonds is 7. The minimum absolute atomic E-state index is 0.0730. The first-order chi connectivity index (χ1) is 10.7. The lowest BCUT2D eigenvalue weighted by Crippen LogP contribution is -2.33. The molecule has 0 unspecified atom stereocenters. The lowest BCUT2D eigenvalue weighted by atomic mass is 10.1. The quantitative estimate of drug-likeness (QED) is 0.725. The number of hydrogen-bond acceptors (Lipinski definition) is 4. The van der Waals surface area contributed by atoms with Crippen LogP contribution in [0.2, 0.25) is 0 Å². The Morgan fingerprint density at radius 3 is 2.68 bits per heavy atom. The van der Waals surface area contributed by atoms with E-state index >= 15 is 0 Å². The van der Waals surface area contributed by atoms with E-state index in [-0.39, 0.29) is 23.0 Å². The van der Waals surface area contributed by atoms with Crippen LogP contribution in [0.1, 0.15) is 25.3 Å². The van der Waals surface area contributed by atoms with E-state index in [0.717, 1.165) is 30.2 Å². The van der Waals surface area contributed by atoms with Gasteiger partial charge in [-0.15, -0.1) is 6.42 Å². The summed E-state index contributed by atoms with van der Waals surface area (Å²) in [4.78, 5) is 25.5. The van der Waals surface area contributed by atoms with Crippen molar-refractivity contribution in [2.75, 3.05) is 13.2 Å². The molecule has 0 aliphatic carbocycles. The van der Waals surface area contributed by atoms with Crippen LogP contribution in [0.25, 0.3) is 0 Å². The normalized spacial score (nSPS) is 17.6. The fraction of sp³-hybridized carbons (Fsp3) is 0.412. The van der Waals surface area contributed by atoms with Gasteiger partial charge in [-0.05, 0) is 30.5 Å². The Kier molecular flexibility index (Phi) is 5.91. The van der Waals surface area contributed by atoms with E-state index in [2.05, 4.69) is 5.92 Å². The minimum atomic E-state index is -0.318. The van der Waals surface area contributed by atoms with Crippen molar-refractivity contribution in [1.29, 1.82) is 0 Å². The van der Waals surface area contributed by atoms with Crippen molar-refractivity contribution < 1.29 is 14.3 Å². The molecule has 4 nitrogen and oxygen atoms in total. The maximum Gasteiger partial charge on any atom is 0.289 e. The van der Waals surface area contributed by atoms with Gasteiger partial charge in [0, 0.05) is 6.54 Å². The molecule has 1 heterocycles. The van der Waals surface area contributed by atoms with E-state index in [9.17, 15) is 9.59 Å². The number of hydrogen-bond donors (Lipinski definition) is 0. The number of amides is 2. The standard InChI is InChI=1S/C17H19NO3S/c1-3-5-10-18-16(19)15(22-17(18)20)12-13-6-8-14(9-7-13)21-11-4-2/h2,6-9,15H,3,5,10-12H2,1H3/t15-/m1/s1. The molecule has 1 aromatic rings. The highest BCUT2D eigenvalue weighted by atomic mass is 32.2. The Balaban J connectivity index is 1.95. The van der Waals surface area contributed by atoms with Gasteiger partial charge in [0.1, 0.15) is 12.4 Å². The Hall–Kier alpha value is -1.93. The van der Waals surface area contributed by atoms with Gasteiger partial charge in [-0.25, -0.2) is 0 Å². The van der Waals surface area contributed by atoms with E-state index < -0.39 is 0 Å². The fourth-order valence-corrected chi connectivity index (χ4v) is 3.26. The van der Waals surface area contributed by atoms with Crippen molar-refractivity contribution in [2.45, 2.75) is 31.4 Å². The number of thioether (sulfide) groups is 1.